The van der Waals surface area contributed by atoms with E-state index in [0.717, 1.165) is 0 Å². The minimum absolute atomic E-state index is 0.296. The minimum atomic E-state index is -0.940. The summed E-state index contributed by atoms with van der Waals surface area (Å²) in [6.45, 7) is 1.96. The molecule has 4 heteroatoms. The monoisotopic (exact) mass is 168 g/mol. The topological polar surface area (TPSA) is 57.5 Å². The minimum Gasteiger partial charge on any atom is -0.481 e. The first-order chi connectivity index (χ1) is 5.52. The molecule has 3 nitrogen and oxygen atoms in total. The highest BCUT2D eigenvalue weighted by atomic mass is 16.4. The number of aliphatic carboxylic acids is 1. The van der Waals surface area contributed by atoms with Crippen LogP contribution in [0.25, 0.3) is 0 Å². The second kappa shape index (κ2) is 3.48. The highest BCUT2D eigenvalue weighted by Crippen LogP contribution is 2.35. The van der Waals surface area contributed by atoms with Crippen LogP contribution in [0.3, 0.4) is 0 Å². The van der Waals surface area contributed by atoms with Crippen molar-refractivity contribution >= 4 is 13.8 Å². The Morgan fingerprint density at radius 2 is 2.08 bits per heavy atom. The van der Waals surface area contributed by atoms with Crippen molar-refractivity contribution in [1.82, 2.24) is 0 Å². The summed E-state index contributed by atoms with van der Waals surface area (Å²) in [4.78, 5) is 10.6. The van der Waals surface area contributed by atoms with Gasteiger partial charge in [-0.1, -0.05) is 19.2 Å². The van der Waals surface area contributed by atoms with E-state index in [0.29, 0.717) is 18.8 Å². The van der Waals surface area contributed by atoms with Crippen LogP contribution in [0, 0.1) is 11.8 Å². The summed E-state index contributed by atoms with van der Waals surface area (Å²) >= 11 is 0. The fourth-order valence-electron chi connectivity index (χ4n) is 1.82. The molecule has 1 saturated carbocycles. The van der Waals surface area contributed by atoms with Crippen LogP contribution in [-0.4, -0.2) is 30.1 Å². The standard InChI is InChI=1S/C8H13BO3/c1-4-2-5(8(11)12)7(10)6(9)3-4/h4-7,10H,2-3H2,1H3,(H,11,12). The molecule has 0 saturated heterocycles. The second-order valence-corrected chi connectivity index (χ2v) is 3.68. The van der Waals surface area contributed by atoms with E-state index < -0.39 is 18.0 Å². The van der Waals surface area contributed by atoms with Gasteiger partial charge in [0.2, 0.25) is 0 Å². The average molecular weight is 168 g/mol. The molecule has 0 aromatic rings. The van der Waals surface area contributed by atoms with E-state index in [1.54, 1.807) is 0 Å². The molecule has 1 rings (SSSR count). The quantitative estimate of drug-likeness (QED) is 0.558. The fraction of sp³-hybridized carbons (Fsp3) is 0.875. The molecular formula is C8H13BO3. The number of hydrogen-bond acceptors (Lipinski definition) is 2. The first-order valence-corrected chi connectivity index (χ1v) is 4.18. The zero-order valence-corrected chi connectivity index (χ0v) is 7.10. The predicted octanol–water partition coefficient (Wildman–Crippen LogP) is 0.435. The molecule has 2 N–H and O–H groups in total. The van der Waals surface area contributed by atoms with E-state index >= 15 is 0 Å². The Morgan fingerprint density at radius 3 is 2.58 bits per heavy atom. The molecule has 0 heterocycles. The Bertz CT molecular complexity index is 183. The first-order valence-electron chi connectivity index (χ1n) is 4.18. The molecule has 4 atom stereocenters. The maximum Gasteiger partial charge on any atom is 0.309 e. The lowest BCUT2D eigenvalue weighted by Crippen LogP contribution is -2.38. The van der Waals surface area contributed by atoms with E-state index in [-0.39, 0.29) is 5.82 Å². The molecule has 12 heavy (non-hydrogen) atoms. The summed E-state index contributed by atoms with van der Waals surface area (Å²) in [7, 11) is 5.58. The second-order valence-electron chi connectivity index (χ2n) is 3.68. The smallest absolute Gasteiger partial charge is 0.309 e. The van der Waals surface area contributed by atoms with E-state index in [1.165, 1.54) is 0 Å². The molecule has 0 aromatic carbocycles. The number of carboxylic acid groups (broad SMARTS) is 1. The molecule has 0 aliphatic heterocycles. The third kappa shape index (κ3) is 1.80. The van der Waals surface area contributed by atoms with E-state index in [2.05, 4.69) is 0 Å². The van der Waals surface area contributed by atoms with Gasteiger partial charge in [0.25, 0.3) is 0 Å². The Hall–Kier alpha value is -0.505. The Morgan fingerprint density at radius 1 is 1.50 bits per heavy atom. The van der Waals surface area contributed by atoms with Crippen LogP contribution >= 0.6 is 0 Å². The number of hydrogen-bond donors (Lipinski definition) is 2. The third-order valence-electron chi connectivity index (χ3n) is 2.50. The Kier molecular flexibility index (Phi) is 2.78. The largest absolute Gasteiger partial charge is 0.481 e. The van der Waals surface area contributed by atoms with Crippen LogP contribution in [0.4, 0.5) is 0 Å². The molecule has 2 radical (unpaired) electrons. The lowest BCUT2D eigenvalue weighted by Gasteiger charge is -2.34. The molecule has 0 aromatic heterocycles. The number of carboxylic acids is 1. The molecule has 1 aliphatic carbocycles. The summed E-state index contributed by atoms with van der Waals surface area (Å²) in [5, 5.41) is 18.1. The van der Waals surface area contributed by atoms with Crippen molar-refractivity contribution in [2.24, 2.45) is 11.8 Å². The van der Waals surface area contributed by atoms with Crippen molar-refractivity contribution in [2.45, 2.75) is 31.7 Å². The number of aliphatic hydroxyl groups is 1. The maximum absolute atomic E-state index is 10.6. The third-order valence-corrected chi connectivity index (χ3v) is 2.50. The summed E-state index contributed by atoms with van der Waals surface area (Å²) in [5.74, 6) is -1.70. The molecule has 1 aliphatic rings. The Labute approximate surface area is 73.2 Å². The van der Waals surface area contributed by atoms with E-state index in [4.69, 9.17) is 13.0 Å². The summed E-state index contributed by atoms with van der Waals surface area (Å²) in [6, 6.07) is 0. The lowest BCUT2D eigenvalue weighted by molar-refractivity contribution is -0.148. The van der Waals surface area contributed by atoms with Gasteiger partial charge in [-0.05, 0) is 12.3 Å². The van der Waals surface area contributed by atoms with Crippen molar-refractivity contribution in [2.75, 3.05) is 0 Å². The van der Waals surface area contributed by atoms with Crippen LogP contribution in [0.1, 0.15) is 19.8 Å². The van der Waals surface area contributed by atoms with Gasteiger partial charge in [0.15, 0.2) is 0 Å². The van der Waals surface area contributed by atoms with Gasteiger partial charge in [-0.15, -0.1) is 0 Å². The van der Waals surface area contributed by atoms with Gasteiger partial charge < -0.3 is 10.2 Å². The summed E-state index contributed by atoms with van der Waals surface area (Å²) in [5.41, 5.74) is 0. The normalized spacial score (nSPS) is 42.5. The molecule has 0 bridgehead atoms. The predicted molar refractivity (Wildman–Crippen MR) is 45.0 cm³/mol. The van der Waals surface area contributed by atoms with Crippen molar-refractivity contribution in [3.8, 4) is 0 Å². The Balaban J connectivity index is 2.66. The van der Waals surface area contributed by atoms with Crippen molar-refractivity contribution in [3.05, 3.63) is 0 Å². The van der Waals surface area contributed by atoms with Gasteiger partial charge in [0.05, 0.1) is 19.9 Å². The first kappa shape index (κ1) is 9.58. The van der Waals surface area contributed by atoms with E-state index in [1.807, 2.05) is 6.92 Å². The average Bonchev–Trinajstić information content (AvgIpc) is 1.96. The van der Waals surface area contributed by atoms with E-state index in [9.17, 15) is 9.90 Å². The molecule has 4 unspecified atom stereocenters. The molecular weight excluding hydrogens is 155 g/mol. The van der Waals surface area contributed by atoms with Gasteiger partial charge in [-0.3, -0.25) is 4.79 Å². The van der Waals surface area contributed by atoms with Crippen molar-refractivity contribution < 1.29 is 15.0 Å². The van der Waals surface area contributed by atoms with Crippen LogP contribution in [0.15, 0.2) is 0 Å². The number of aliphatic hydroxyl groups excluding tert-OH is 1. The fourth-order valence-corrected chi connectivity index (χ4v) is 1.82. The highest BCUT2D eigenvalue weighted by Gasteiger charge is 2.36. The van der Waals surface area contributed by atoms with Crippen LogP contribution in [0.2, 0.25) is 5.82 Å². The zero-order valence-electron chi connectivity index (χ0n) is 7.10. The van der Waals surface area contributed by atoms with Gasteiger partial charge in [0.1, 0.15) is 0 Å². The highest BCUT2D eigenvalue weighted by molar-refractivity contribution is 6.12. The van der Waals surface area contributed by atoms with Crippen molar-refractivity contribution in [3.63, 3.8) is 0 Å². The zero-order chi connectivity index (χ0) is 9.30. The van der Waals surface area contributed by atoms with Crippen molar-refractivity contribution in [1.29, 1.82) is 0 Å². The summed E-state index contributed by atoms with van der Waals surface area (Å²) in [6.07, 6.45) is 0.369. The number of carbonyl (C=O) groups is 1. The number of rotatable bonds is 1. The van der Waals surface area contributed by atoms with Crippen LogP contribution < -0.4 is 0 Å². The van der Waals surface area contributed by atoms with Crippen LogP contribution in [-0.2, 0) is 4.79 Å². The van der Waals surface area contributed by atoms with Gasteiger partial charge in [-0.25, -0.2) is 0 Å². The van der Waals surface area contributed by atoms with Gasteiger partial charge >= 0.3 is 5.97 Å². The lowest BCUT2D eigenvalue weighted by atomic mass is 9.65. The SMILES string of the molecule is [B]C1CC(C)CC(C(=O)O)C1O. The molecule has 0 amide bonds. The van der Waals surface area contributed by atoms with Gasteiger partial charge in [0, 0.05) is 0 Å². The molecule has 0 spiro atoms. The molecule has 66 valence electrons. The van der Waals surface area contributed by atoms with Crippen LogP contribution in [0.5, 0.6) is 0 Å². The summed E-state index contributed by atoms with van der Waals surface area (Å²) < 4.78 is 0. The maximum atomic E-state index is 10.6. The van der Waals surface area contributed by atoms with Gasteiger partial charge in [-0.2, -0.15) is 0 Å². The molecule has 1 fully saturated rings.